The molecule has 0 bridgehead atoms. The Hall–Kier alpha value is -4.71. The van der Waals surface area contributed by atoms with Crippen LogP contribution in [-0.2, 0) is 10.3 Å². The van der Waals surface area contributed by atoms with Gasteiger partial charge in [-0.05, 0) is 97.9 Å². The van der Waals surface area contributed by atoms with Crippen LogP contribution in [0, 0.1) is 12.7 Å². The number of fused-ring (bicyclic) bond motifs is 1. The van der Waals surface area contributed by atoms with E-state index in [1.165, 1.54) is 12.1 Å². The molecule has 0 radical (unpaired) electrons. The van der Waals surface area contributed by atoms with Gasteiger partial charge in [0.25, 0.3) is 11.8 Å². The van der Waals surface area contributed by atoms with Gasteiger partial charge in [-0.25, -0.2) is 4.39 Å². The van der Waals surface area contributed by atoms with Crippen LogP contribution in [0.4, 0.5) is 4.39 Å². The quantitative estimate of drug-likeness (QED) is 0.355. The van der Waals surface area contributed by atoms with Gasteiger partial charge in [0.1, 0.15) is 11.5 Å². The van der Waals surface area contributed by atoms with E-state index in [1.807, 2.05) is 87.3 Å². The molecular formula is C35H34FN3O2. The van der Waals surface area contributed by atoms with Crippen molar-refractivity contribution in [2.45, 2.75) is 39.7 Å². The van der Waals surface area contributed by atoms with Crippen molar-refractivity contribution >= 4 is 23.0 Å². The Bertz CT molecular complexity index is 1640. The van der Waals surface area contributed by atoms with Crippen LogP contribution in [0.1, 0.15) is 59.8 Å². The molecule has 5 rings (SSSR count). The van der Waals surface area contributed by atoms with Crippen molar-refractivity contribution in [1.82, 2.24) is 15.5 Å². The number of hydrogen-bond acceptors (Lipinski definition) is 3. The molecule has 0 spiro atoms. The van der Waals surface area contributed by atoms with E-state index in [0.29, 0.717) is 17.7 Å². The lowest BCUT2D eigenvalue weighted by Gasteiger charge is -2.34. The largest absolute Gasteiger partial charge is 0.354 e. The molecule has 2 aliphatic heterocycles. The molecule has 0 unspecified atom stereocenters. The Balaban J connectivity index is 1.54. The highest BCUT2D eigenvalue weighted by Gasteiger charge is 2.30. The summed E-state index contributed by atoms with van der Waals surface area (Å²) in [6.07, 6.45) is 6.64. The van der Waals surface area contributed by atoms with E-state index >= 15 is 0 Å². The molecule has 0 atom stereocenters. The van der Waals surface area contributed by atoms with Gasteiger partial charge in [0.2, 0.25) is 0 Å². The molecule has 2 aliphatic rings. The number of likely N-dealkylation sites (N-methyl/N-ethyl adjacent to an activating group) is 1. The smallest absolute Gasteiger partial charge is 0.268 e. The molecule has 0 fully saturated rings. The number of halogens is 1. The minimum atomic E-state index is -0.555. The van der Waals surface area contributed by atoms with E-state index in [9.17, 15) is 14.0 Å². The first-order chi connectivity index (χ1) is 19.6. The summed E-state index contributed by atoms with van der Waals surface area (Å²) < 4.78 is 13.7. The molecule has 0 saturated heterocycles. The molecule has 2 heterocycles. The second kappa shape index (κ2) is 11.0. The molecule has 3 aromatic carbocycles. The van der Waals surface area contributed by atoms with Gasteiger partial charge >= 0.3 is 0 Å². The Morgan fingerprint density at radius 2 is 1.63 bits per heavy atom. The Morgan fingerprint density at radius 3 is 2.32 bits per heavy atom. The van der Waals surface area contributed by atoms with Crippen molar-refractivity contribution < 1.29 is 14.0 Å². The predicted octanol–water partition coefficient (Wildman–Crippen LogP) is 6.85. The lowest BCUT2D eigenvalue weighted by Crippen LogP contribution is -2.41. The molecule has 2 amide bonds. The number of nitrogens with one attached hydrogen (secondary N) is 2. The van der Waals surface area contributed by atoms with Gasteiger partial charge in [0.05, 0.1) is 5.54 Å². The van der Waals surface area contributed by atoms with Gasteiger partial charge in [0.15, 0.2) is 0 Å². The van der Waals surface area contributed by atoms with Crippen molar-refractivity contribution in [3.8, 4) is 0 Å². The molecule has 2 N–H and O–H groups in total. The van der Waals surface area contributed by atoms with Crippen LogP contribution in [0.25, 0.3) is 11.1 Å². The number of aryl methyl sites for hydroxylation is 1. The average Bonchev–Trinajstić information content (AvgIpc) is 2.97. The zero-order valence-corrected chi connectivity index (χ0v) is 24.0. The summed E-state index contributed by atoms with van der Waals surface area (Å²) >= 11 is 0. The summed E-state index contributed by atoms with van der Waals surface area (Å²) in [5.74, 6) is -0.721. The van der Waals surface area contributed by atoms with Crippen molar-refractivity contribution in [2.75, 3.05) is 7.05 Å². The fraction of sp³-hybridized carbons (Fsp3) is 0.200. The van der Waals surface area contributed by atoms with Crippen molar-refractivity contribution in [2.24, 2.45) is 0 Å². The first-order valence-electron chi connectivity index (χ1n) is 13.7. The summed E-state index contributed by atoms with van der Waals surface area (Å²) in [5.41, 5.74) is 7.87. The number of nitrogens with zero attached hydrogens (tertiary/aromatic N) is 1. The van der Waals surface area contributed by atoms with Crippen LogP contribution >= 0.6 is 0 Å². The predicted molar refractivity (Wildman–Crippen MR) is 162 cm³/mol. The van der Waals surface area contributed by atoms with Gasteiger partial charge < -0.3 is 15.5 Å². The van der Waals surface area contributed by atoms with Gasteiger partial charge in [-0.1, -0.05) is 54.6 Å². The maximum atomic E-state index is 13.7. The maximum Gasteiger partial charge on any atom is 0.268 e. The number of rotatable bonds is 6. The van der Waals surface area contributed by atoms with Crippen LogP contribution in [0.5, 0.6) is 0 Å². The lowest BCUT2D eigenvalue weighted by molar-refractivity contribution is -0.118. The summed E-state index contributed by atoms with van der Waals surface area (Å²) in [6.45, 7) is 8.02. The molecule has 0 aromatic heterocycles. The topological polar surface area (TPSA) is 61.4 Å². The second-order valence-electron chi connectivity index (χ2n) is 11.0. The monoisotopic (exact) mass is 547 g/mol. The first kappa shape index (κ1) is 27.8. The number of benzene rings is 3. The number of hydrogen-bond donors (Lipinski definition) is 2. The highest BCUT2D eigenvalue weighted by Crippen LogP contribution is 2.40. The molecule has 0 saturated carbocycles. The van der Waals surface area contributed by atoms with E-state index in [-0.39, 0.29) is 17.6 Å². The lowest BCUT2D eigenvalue weighted by atomic mass is 9.88. The molecule has 3 aromatic rings. The van der Waals surface area contributed by atoms with Gasteiger partial charge in [-0.2, -0.15) is 0 Å². The summed E-state index contributed by atoms with van der Waals surface area (Å²) in [6, 6.07) is 21.8. The Labute approximate surface area is 240 Å². The third-order valence-corrected chi connectivity index (χ3v) is 7.71. The number of allylic oxidation sites excluding steroid dienone is 5. The number of carbonyl (C=O) groups is 2. The average molecular weight is 548 g/mol. The van der Waals surface area contributed by atoms with Crippen LogP contribution in [0.15, 0.2) is 108 Å². The van der Waals surface area contributed by atoms with Gasteiger partial charge in [-0.15, -0.1) is 0 Å². The maximum absolute atomic E-state index is 13.7. The number of amides is 2. The summed E-state index contributed by atoms with van der Waals surface area (Å²) in [5, 5.41) is 5.95. The van der Waals surface area contributed by atoms with E-state index in [1.54, 1.807) is 19.2 Å². The second-order valence-corrected chi connectivity index (χ2v) is 11.0. The standard InChI is InChI=1S/C35H34FN3O2/c1-22-11-12-25(33(40)38-35(3,4)26-9-7-6-8-10-26)20-30(22)31-21-39-28(19-23(31)2)17-18-29(32(39)34(41)37-5)24-13-15-27(36)16-14-24/h6-17,19-21H,18H2,1-5H3,(H,37,41)(H,38,40). The van der Waals surface area contributed by atoms with Gasteiger partial charge in [-0.3, -0.25) is 9.59 Å². The van der Waals surface area contributed by atoms with E-state index < -0.39 is 5.54 Å². The fourth-order valence-electron chi connectivity index (χ4n) is 5.36. The zero-order chi connectivity index (χ0) is 29.3. The Kier molecular flexibility index (Phi) is 7.50. The Morgan fingerprint density at radius 1 is 0.927 bits per heavy atom. The zero-order valence-electron chi connectivity index (χ0n) is 24.0. The summed E-state index contributed by atoms with van der Waals surface area (Å²) in [4.78, 5) is 28.6. The molecule has 0 aliphatic carbocycles. The van der Waals surface area contributed by atoms with Gasteiger partial charge in [0, 0.05) is 30.1 Å². The molecule has 5 nitrogen and oxygen atoms in total. The van der Waals surface area contributed by atoms with Crippen LogP contribution in [0.3, 0.4) is 0 Å². The molecule has 41 heavy (non-hydrogen) atoms. The SMILES string of the molecule is CNC(=O)C1=C(c2ccc(F)cc2)CC=C2C=C(C)C(c3cc(C(=O)NC(C)(C)c4ccccc4)ccc3C)=CN21. The molecule has 208 valence electrons. The number of carbonyl (C=O) groups excluding carboxylic acids is 2. The highest BCUT2D eigenvalue weighted by atomic mass is 19.1. The van der Waals surface area contributed by atoms with Crippen molar-refractivity contribution in [3.05, 3.63) is 142 Å². The third kappa shape index (κ3) is 5.50. The van der Waals surface area contributed by atoms with Crippen molar-refractivity contribution in [1.29, 1.82) is 0 Å². The van der Waals surface area contributed by atoms with Crippen LogP contribution < -0.4 is 10.6 Å². The minimum absolute atomic E-state index is 0.166. The normalized spacial score (nSPS) is 15.0. The third-order valence-electron chi connectivity index (χ3n) is 7.71. The fourth-order valence-corrected chi connectivity index (χ4v) is 5.36. The van der Waals surface area contributed by atoms with E-state index in [4.69, 9.17) is 0 Å². The van der Waals surface area contributed by atoms with E-state index in [2.05, 4.69) is 22.8 Å². The summed E-state index contributed by atoms with van der Waals surface area (Å²) in [7, 11) is 1.61. The molecular weight excluding hydrogens is 513 g/mol. The van der Waals surface area contributed by atoms with E-state index in [0.717, 1.165) is 44.7 Å². The highest BCUT2D eigenvalue weighted by molar-refractivity contribution is 6.03. The minimum Gasteiger partial charge on any atom is -0.354 e. The van der Waals surface area contributed by atoms with Crippen LogP contribution in [-0.4, -0.2) is 23.8 Å². The van der Waals surface area contributed by atoms with Crippen LogP contribution in [0.2, 0.25) is 0 Å². The molecule has 6 heteroatoms. The first-order valence-corrected chi connectivity index (χ1v) is 13.7. The van der Waals surface area contributed by atoms with Crippen molar-refractivity contribution in [3.63, 3.8) is 0 Å².